The molecule has 0 radical (unpaired) electrons. The highest BCUT2D eigenvalue weighted by molar-refractivity contribution is 5.99. The maximum absolute atomic E-state index is 12.8. The van der Waals surface area contributed by atoms with Crippen LogP contribution in [0.2, 0.25) is 0 Å². The molecule has 5 nitrogen and oxygen atoms in total. The average Bonchev–Trinajstić information content (AvgIpc) is 2.58. The van der Waals surface area contributed by atoms with Crippen molar-refractivity contribution >= 4 is 17.6 Å². The van der Waals surface area contributed by atoms with E-state index in [4.69, 9.17) is 9.84 Å². The summed E-state index contributed by atoms with van der Waals surface area (Å²) in [6.07, 6.45) is 0.283. The molecule has 1 aliphatic rings. The monoisotopic (exact) mass is 325 g/mol. The van der Waals surface area contributed by atoms with Gasteiger partial charge < -0.3 is 14.7 Å². The number of aliphatic carboxylic acids is 1. The van der Waals surface area contributed by atoms with Crippen molar-refractivity contribution in [1.29, 1.82) is 0 Å². The number of ether oxygens (including phenoxy) is 1. The molecule has 0 saturated carbocycles. The van der Waals surface area contributed by atoms with Crippen LogP contribution in [0.5, 0.6) is 5.75 Å². The van der Waals surface area contributed by atoms with Crippen molar-refractivity contribution in [3.8, 4) is 5.75 Å². The Morgan fingerprint density at radius 2 is 2.00 bits per heavy atom. The molecule has 124 valence electrons. The van der Waals surface area contributed by atoms with E-state index in [1.54, 1.807) is 12.0 Å². The number of carboxylic acids is 1. The lowest BCUT2D eigenvalue weighted by Crippen LogP contribution is -2.41. The second-order valence-corrected chi connectivity index (χ2v) is 5.90. The first-order chi connectivity index (χ1) is 11.6. The molecule has 1 heterocycles. The SMILES string of the molecule is COc1ccc2c(c1)N(Cc1ccccc1)C(=O)C(CC(=O)O)C2. The highest BCUT2D eigenvalue weighted by Crippen LogP contribution is 2.35. The van der Waals surface area contributed by atoms with Crippen molar-refractivity contribution < 1.29 is 19.4 Å². The fraction of sp³-hybridized carbons (Fsp3) is 0.263. The Kier molecular flexibility index (Phi) is 4.51. The standard InChI is InChI=1S/C19H19NO4/c1-24-16-8-7-14-9-15(10-18(21)22)19(23)20(17(14)11-16)12-13-5-3-2-4-6-13/h2-8,11,15H,9-10,12H2,1H3,(H,21,22). The number of nitrogens with zero attached hydrogens (tertiary/aromatic N) is 1. The quantitative estimate of drug-likeness (QED) is 0.918. The van der Waals surface area contributed by atoms with Gasteiger partial charge in [-0.2, -0.15) is 0 Å². The highest BCUT2D eigenvalue weighted by atomic mass is 16.5. The summed E-state index contributed by atoms with van der Waals surface area (Å²) in [5, 5.41) is 9.10. The van der Waals surface area contributed by atoms with Gasteiger partial charge in [0.2, 0.25) is 5.91 Å². The smallest absolute Gasteiger partial charge is 0.304 e. The van der Waals surface area contributed by atoms with Gasteiger partial charge in [-0.1, -0.05) is 36.4 Å². The molecule has 1 atom stereocenters. The van der Waals surface area contributed by atoms with Gasteiger partial charge in [0.05, 0.1) is 31.7 Å². The summed E-state index contributed by atoms with van der Waals surface area (Å²) in [6.45, 7) is 0.413. The van der Waals surface area contributed by atoms with Gasteiger partial charge in [-0.3, -0.25) is 9.59 Å². The summed E-state index contributed by atoms with van der Waals surface area (Å²) in [4.78, 5) is 25.6. The van der Waals surface area contributed by atoms with E-state index in [1.165, 1.54) is 0 Å². The lowest BCUT2D eigenvalue weighted by atomic mass is 9.89. The number of methoxy groups -OCH3 is 1. The highest BCUT2D eigenvalue weighted by Gasteiger charge is 2.34. The normalized spacial score (nSPS) is 16.6. The minimum Gasteiger partial charge on any atom is -0.497 e. The van der Waals surface area contributed by atoms with E-state index in [1.807, 2.05) is 48.5 Å². The molecular weight excluding hydrogens is 306 g/mol. The summed E-state index contributed by atoms with van der Waals surface area (Å²) in [7, 11) is 1.58. The third-order valence-electron chi connectivity index (χ3n) is 4.27. The number of hydrogen-bond acceptors (Lipinski definition) is 3. The maximum Gasteiger partial charge on any atom is 0.304 e. The first-order valence-corrected chi connectivity index (χ1v) is 7.82. The number of carbonyl (C=O) groups is 2. The van der Waals surface area contributed by atoms with Gasteiger partial charge in [-0.15, -0.1) is 0 Å². The van der Waals surface area contributed by atoms with Gasteiger partial charge in [0.1, 0.15) is 5.75 Å². The topological polar surface area (TPSA) is 66.8 Å². The van der Waals surface area contributed by atoms with Crippen molar-refractivity contribution in [2.24, 2.45) is 5.92 Å². The summed E-state index contributed by atoms with van der Waals surface area (Å²) >= 11 is 0. The fourth-order valence-corrected chi connectivity index (χ4v) is 3.09. The Balaban J connectivity index is 1.99. The average molecular weight is 325 g/mol. The van der Waals surface area contributed by atoms with Gasteiger partial charge >= 0.3 is 5.97 Å². The molecule has 5 heteroatoms. The molecule has 3 rings (SSSR count). The number of carbonyl (C=O) groups excluding carboxylic acids is 1. The molecule has 24 heavy (non-hydrogen) atoms. The van der Waals surface area contributed by atoms with Gasteiger partial charge in [-0.05, 0) is 23.6 Å². The van der Waals surface area contributed by atoms with E-state index in [0.717, 1.165) is 16.8 Å². The zero-order valence-corrected chi connectivity index (χ0v) is 13.4. The molecule has 2 aromatic carbocycles. The zero-order valence-electron chi connectivity index (χ0n) is 13.4. The molecule has 2 aromatic rings. The van der Waals surface area contributed by atoms with Crippen molar-refractivity contribution in [1.82, 2.24) is 0 Å². The minimum atomic E-state index is -0.954. The van der Waals surface area contributed by atoms with Gasteiger partial charge in [0.15, 0.2) is 0 Å². The molecule has 1 N–H and O–H groups in total. The van der Waals surface area contributed by atoms with Crippen molar-refractivity contribution in [3.63, 3.8) is 0 Å². The second-order valence-electron chi connectivity index (χ2n) is 5.90. The minimum absolute atomic E-state index is 0.151. The van der Waals surface area contributed by atoms with Gasteiger partial charge in [-0.25, -0.2) is 0 Å². The summed E-state index contributed by atoms with van der Waals surface area (Å²) in [5.41, 5.74) is 2.76. The number of fused-ring (bicyclic) bond motifs is 1. The Morgan fingerprint density at radius 1 is 1.25 bits per heavy atom. The summed E-state index contributed by atoms with van der Waals surface area (Å²) in [6, 6.07) is 15.3. The Bertz CT molecular complexity index is 757. The van der Waals surface area contributed by atoms with Crippen LogP contribution in [0.25, 0.3) is 0 Å². The molecule has 0 bridgehead atoms. The lowest BCUT2D eigenvalue weighted by molar-refractivity contribution is -0.140. The molecule has 1 unspecified atom stereocenters. The van der Waals surface area contributed by atoms with E-state index in [9.17, 15) is 9.59 Å². The molecule has 0 aliphatic carbocycles. The number of anilines is 1. The van der Waals surface area contributed by atoms with Crippen LogP contribution >= 0.6 is 0 Å². The van der Waals surface area contributed by atoms with Gasteiger partial charge in [0, 0.05) is 6.07 Å². The third kappa shape index (κ3) is 3.25. The number of carboxylic acid groups (broad SMARTS) is 1. The first kappa shape index (κ1) is 16.1. The predicted molar refractivity (Wildman–Crippen MR) is 90.1 cm³/mol. The largest absolute Gasteiger partial charge is 0.497 e. The van der Waals surface area contributed by atoms with E-state index >= 15 is 0 Å². The Hall–Kier alpha value is -2.82. The predicted octanol–water partition coefficient (Wildman–Crippen LogP) is 2.88. The molecular formula is C19H19NO4. The second kappa shape index (κ2) is 6.74. The fourth-order valence-electron chi connectivity index (χ4n) is 3.09. The number of amides is 1. The van der Waals surface area contributed by atoms with Crippen LogP contribution in [0, 0.1) is 5.92 Å². The van der Waals surface area contributed by atoms with Crippen molar-refractivity contribution in [2.75, 3.05) is 12.0 Å². The third-order valence-corrected chi connectivity index (χ3v) is 4.27. The Labute approximate surface area is 140 Å². The van der Waals surface area contributed by atoms with Crippen LogP contribution in [0.15, 0.2) is 48.5 Å². The van der Waals surface area contributed by atoms with Gasteiger partial charge in [0.25, 0.3) is 0 Å². The number of rotatable bonds is 5. The summed E-state index contributed by atoms with van der Waals surface area (Å²) < 4.78 is 5.27. The van der Waals surface area contributed by atoms with Crippen molar-refractivity contribution in [2.45, 2.75) is 19.4 Å². The number of hydrogen-bond donors (Lipinski definition) is 1. The number of benzene rings is 2. The van der Waals surface area contributed by atoms with Crippen LogP contribution < -0.4 is 9.64 Å². The summed E-state index contributed by atoms with van der Waals surface area (Å²) in [5.74, 6) is -0.963. The molecule has 0 saturated heterocycles. The van der Waals surface area contributed by atoms with Crippen LogP contribution in [0.4, 0.5) is 5.69 Å². The molecule has 0 fully saturated rings. The van der Waals surface area contributed by atoms with E-state index < -0.39 is 11.9 Å². The van der Waals surface area contributed by atoms with E-state index in [-0.39, 0.29) is 12.3 Å². The zero-order chi connectivity index (χ0) is 17.1. The Morgan fingerprint density at radius 3 is 2.67 bits per heavy atom. The molecule has 1 amide bonds. The molecule has 0 aromatic heterocycles. The van der Waals surface area contributed by atoms with Crippen LogP contribution in [0.1, 0.15) is 17.5 Å². The van der Waals surface area contributed by atoms with Crippen LogP contribution in [-0.2, 0) is 22.6 Å². The first-order valence-electron chi connectivity index (χ1n) is 7.82. The molecule has 0 spiro atoms. The van der Waals surface area contributed by atoms with E-state index in [0.29, 0.717) is 18.7 Å². The van der Waals surface area contributed by atoms with E-state index in [2.05, 4.69) is 0 Å². The molecule has 1 aliphatic heterocycles. The lowest BCUT2D eigenvalue weighted by Gasteiger charge is -2.34. The van der Waals surface area contributed by atoms with Crippen LogP contribution in [0.3, 0.4) is 0 Å². The van der Waals surface area contributed by atoms with Crippen LogP contribution in [-0.4, -0.2) is 24.1 Å². The maximum atomic E-state index is 12.8. The van der Waals surface area contributed by atoms with Crippen molar-refractivity contribution in [3.05, 3.63) is 59.7 Å².